The van der Waals surface area contributed by atoms with Crippen LogP contribution in [0.3, 0.4) is 0 Å². The first-order valence-corrected chi connectivity index (χ1v) is 10.5. The maximum absolute atomic E-state index is 13.5. The molecule has 4 rings (SSSR count). The van der Waals surface area contributed by atoms with Crippen LogP contribution in [0.4, 0.5) is 0 Å². The highest BCUT2D eigenvalue weighted by Gasteiger charge is 2.28. The molecule has 0 bridgehead atoms. The van der Waals surface area contributed by atoms with Gasteiger partial charge in [0.25, 0.3) is 5.91 Å². The Morgan fingerprint density at radius 3 is 2.50 bits per heavy atom. The molecule has 2 heterocycles. The average Bonchev–Trinajstić information content (AvgIpc) is 3.20. The highest BCUT2D eigenvalue weighted by molar-refractivity contribution is 6.00. The van der Waals surface area contributed by atoms with Gasteiger partial charge in [-0.25, -0.2) is 4.68 Å². The molecule has 0 unspecified atom stereocenters. The van der Waals surface area contributed by atoms with E-state index in [0.717, 1.165) is 42.1 Å². The van der Waals surface area contributed by atoms with Crippen molar-refractivity contribution in [3.05, 3.63) is 71.4 Å². The number of nitrogens with zero attached hydrogens (tertiary/aromatic N) is 3. The number of aromatic nitrogens is 2. The molecule has 2 aromatic carbocycles. The van der Waals surface area contributed by atoms with E-state index in [2.05, 4.69) is 32.0 Å². The maximum atomic E-state index is 13.5. The van der Waals surface area contributed by atoms with Gasteiger partial charge in [-0.2, -0.15) is 5.10 Å². The number of amides is 1. The first-order chi connectivity index (χ1) is 14.6. The van der Waals surface area contributed by atoms with Crippen LogP contribution < -0.4 is 4.90 Å². The van der Waals surface area contributed by atoms with Crippen LogP contribution in [0.5, 0.6) is 0 Å². The minimum Gasteiger partial charge on any atom is -0.391 e. The predicted octanol–water partition coefficient (Wildman–Crippen LogP) is 1.49. The number of carbonyl (C=O) groups is 1. The molecule has 0 atom stereocenters. The van der Waals surface area contributed by atoms with Gasteiger partial charge in [0.1, 0.15) is 12.2 Å². The van der Waals surface area contributed by atoms with E-state index in [1.807, 2.05) is 41.4 Å². The van der Waals surface area contributed by atoms with E-state index in [-0.39, 0.29) is 12.5 Å². The molecule has 1 fully saturated rings. The van der Waals surface area contributed by atoms with Gasteiger partial charge in [0.15, 0.2) is 0 Å². The van der Waals surface area contributed by atoms with Crippen molar-refractivity contribution >= 4 is 5.91 Å². The number of para-hydroxylation sites is 1. The van der Waals surface area contributed by atoms with Crippen molar-refractivity contribution in [1.82, 2.24) is 14.7 Å². The normalized spacial score (nSPS) is 14.8. The van der Waals surface area contributed by atoms with Crippen LogP contribution in [0.1, 0.15) is 21.5 Å². The quantitative estimate of drug-likeness (QED) is 0.676. The molecule has 1 aliphatic rings. The first kappa shape index (κ1) is 20.3. The lowest BCUT2D eigenvalue weighted by Crippen LogP contribution is -3.15. The molecule has 6 heteroatoms. The van der Waals surface area contributed by atoms with Gasteiger partial charge in [-0.05, 0) is 31.5 Å². The van der Waals surface area contributed by atoms with Crippen LogP contribution in [0.15, 0.2) is 54.7 Å². The molecule has 0 spiro atoms. The fourth-order valence-corrected chi connectivity index (χ4v) is 4.13. The number of hydrogen-bond acceptors (Lipinski definition) is 3. The van der Waals surface area contributed by atoms with Gasteiger partial charge >= 0.3 is 0 Å². The summed E-state index contributed by atoms with van der Waals surface area (Å²) in [4.78, 5) is 16.8. The zero-order valence-corrected chi connectivity index (χ0v) is 17.6. The third-order valence-electron chi connectivity index (χ3n) is 5.83. The Bertz CT molecular complexity index is 1020. The Hall–Kier alpha value is -2.96. The van der Waals surface area contributed by atoms with Crippen molar-refractivity contribution in [3.8, 4) is 16.9 Å². The second kappa shape index (κ2) is 8.81. The SMILES string of the molecule is Cc1ccc(-c2nn(-c3ccccc3)cc2C(=O)N2CC[NH+](CCO)CC2)c(C)c1. The van der Waals surface area contributed by atoms with Gasteiger partial charge in [0.2, 0.25) is 0 Å². The average molecular weight is 406 g/mol. The van der Waals surface area contributed by atoms with Gasteiger partial charge < -0.3 is 14.9 Å². The number of rotatable bonds is 5. The number of aryl methyl sites for hydroxylation is 2. The van der Waals surface area contributed by atoms with E-state index in [4.69, 9.17) is 5.10 Å². The molecule has 0 aliphatic carbocycles. The molecular formula is C24H29N4O2+. The van der Waals surface area contributed by atoms with Gasteiger partial charge in [-0.15, -0.1) is 0 Å². The van der Waals surface area contributed by atoms with Gasteiger partial charge in [-0.3, -0.25) is 4.79 Å². The van der Waals surface area contributed by atoms with E-state index in [0.29, 0.717) is 18.7 Å². The molecule has 0 radical (unpaired) electrons. The third kappa shape index (κ3) is 4.15. The number of carbonyl (C=O) groups excluding carboxylic acids is 1. The van der Waals surface area contributed by atoms with Crippen molar-refractivity contribution in [3.63, 3.8) is 0 Å². The molecule has 2 N–H and O–H groups in total. The Labute approximate surface area is 177 Å². The summed E-state index contributed by atoms with van der Waals surface area (Å²) in [5.74, 6) is 0.0233. The molecule has 1 saturated heterocycles. The summed E-state index contributed by atoms with van der Waals surface area (Å²) in [6.07, 6.45) is 1.86. The molecule has 6 nitrogen and oxygen atoms in total. The molecule has 30 heavy (non-hydrogen) atoms. The van der Waals surface area contributed by atoms with Crippen LogP contribution in [0.25, 0.3) is 16.9 Å². The summed E-state index contributed by atoms with van der Waals surface area (Å²) in [6.45, 7) is 8.16. The summed E-state index contributed by atoms with van der Waals surface area (Å²) in [5.41, 5.74) is 5.58. The zero-order valence-electron chi connectivity index (χ0n) is 17.6. The summed E-state index contributed by atoms with van der Waals surface area (Å²) in [7, 11) is 0. The summed E-state index contributed by atoms with van der Waals surface area (Å²) >= 11 is 0. The monoisotopic (exact) mass is 405 g/mol. The van der Waals surface area contributed by atoms with Crippen LogP contribution in [0, 0.1) is 13.8 Å². The van der Waals surface area contributed by atoms with Crippen LogP contribution in [-0.2, 0) is 0 Å². The molecule has 1 amide bonds. The van der Waals surface area contributed by atoms with Crippen molar-refractivity contribution in [2.45, 2.75) is 13.8 Å². The number of quaternary nitrogens is 1. The fourth-order valence-electron chi connectivity index (χ4n) is 4.13. The lowest BCUT2D eigenvalue weighted by molar-refractivity contribution is -0.904. The maximum Gasteiger partial charge on any atom is 0.258 e. The Kier molecular flexibility index (Phi) is 5.97. The number of aliphatic hydroxyl groups excluding tert-OH is 1. The van der Waals surface area contributed by atoms with E-state index in [1.54, 1.807) is 4.68 Å². The molecular weight excluding hydrogens is 376 g/mol. The van der Waals surface area contributed by atoms with Gasteiger partial charge in [0, 0.05) is 11.8 Å². The molecule has 156 valence electrons. The van der Waals surface area contributed by atoms with Gasteiger partial charge in [0.05, 0.1) is 44.0 Å². The summed E-state index contributed by atoms with van der Waals surface area (Å²) in [6, 6.07) is 16.1. The Morgan fingerprint density at radius 2 is 1.83 bits per heavy atom. The van der Waals surface area contributed by atoms with Crippen LogP contribution in [0.2, 0.25) is 0 Å². The minimum atomic E-state index is 0.0233. The smallest absolute Gasteiger partial charge is 0.258 e. The van der Waals surface area contributed by atoms with Crippen molar-refractivity contribution in [1.29, 1.82) is 0 Å². The third-order valence-corrected chi connectivity index (χ3v) is 5.83. The van der Waals surface area contributed by atoms with Crippen LogP contribution in [-0.4, -0.2) is 65.0 Å². The Morgan fingerprint density at radius 1 is 1.10 bits per heavy atom. The fraction of sp³-hybridized carbons (Fsp3) is 0.333. The van der Waals surface area contributed by atoms with Crippen LogP contribution >= 0.6 is 0 Å². The molecule has 1 aliphatic heterocycles. The summed E-state index contributed by atoms with van der Waals surface area (Å²) in [5, 5.41) is 14.0. The highest BCUT2D eigenvalue weighted by Crippen LogP contribution is 2.28. The van der Waals surface area contributed by atoms with E-state index < -0.39 is 0 Å². The molecule has 3 aromatic rings. The number of hydrogen-bond donors (Lipinski definition) is 2. The second-order valence-electron chi connectivity index (χ2n) is 8.01. The lowest BCUT2D eigenvalue weighted by Gasteiger charge is -2.31. The van der Waals surface area contributed by atoms with Crippen molar-refractivity contribution in [2.75, 3.05) is 39.3 Å². The standard InChI is InChI=1S/C24H28N4O2/c1-18-8-9-21(19(2)16-18)23-22(17-28(25-23)20-6-4-3-5-7-20)24(30)27-12-10-26(11-13-27)14-15-29/h3-9,16-17,29H,10-15H2,1-2H3/p+1. The minimum absolute atomic E-state index is 0.0233. The molecule has 0 saturated carbocycles. The van der Waals surface area contributed by atoms with Gasteiger partial charge in [-0.1, -0.05) is 42.0 Å². The lowest BCUT2D eigenvalue weighted by atomic mass is 10.00. The van der Waals surface area contributed by atoms with Crippen molar-refractivity contribution < 1.29 is 14.8 Å². The van der Waals surface area contributed by atoms with E-state index >= 15 is 0 Å². The zero-order chi connectivity index (χ0) is 21.1. The Balaban J connectivity index is 1.70. The highest BCUT2D eigenvalue weighted by atomic mass is 16.3. The number of piperazine rings is 1. The number of nitrogens with one attached hydrogen (secondary N) is 1. The first-order valence-electron chi connectivity index (χ1n) is 10.5. The van der Waals surface area contributed by atoms with Crippen molar-refractivity contribution in [2.24, 2.45) is 0 Å². The second-order valence-corrected chi connectivity index (χ2v) is 8.01. The number of aliphatic hydroxyl groups is 1. The van der Waals surface area contributed by atoms with E-state index in [1.165, 1.54) is 10.5 Å². The van der Waals surface area contributed by atoms with E-state index in [9.17, 15) is 9.90 Å². The topological polar surface area (TPSA) is 62.8 Å². The number of benzene rings is 2. The largest absolute Gasteiger partial charge is 0.391 e. The molecule has 1 aromatic heterocycles. The predicted molar refractivity (Wildman–Crippen MR) is 117 cm³/mol. The summed E-state index contributed by atoms with van der Waals surface area (Å²) < 4.78 is 1.80.